The molecule has 1 aliphatic rings. The summed E-state index contributed by atoms with van der Waals surface area (Å²) in [5.41, 5.74) is 1.51. The number of halogens is 1. The fourth-order valence-electron chi connectivity index (χ4n) is 2.65. The molecule has 1 unspecified atom stereocenters. The summed E-state index contributed by atoms with van der Waals surface area (Å²) in [5, 5.41) is 0. The van der Waals surface area contributed by atoms with Crippen LogP contribution in [0, 0.1) is 5.82 Å². The van der Waals surface area contributed by atoms with Crippen LogP contribution in [0.2, 0.25) is 0 Å². The molecule has 1 aromatic heterocycles. The van der Waals surface area contributed by atoms with Crippen LogP contribution in [-0.2, 0) is 10.0 Å². The van der Waals surface area contributed by atoms with Crippen molar-refractivity contribution in [3.63, 3.8) is 0 Å². The largest absolute Gasteiger partial charge is 0.252 e. The Hall–Kier alpha value is -2.14. The molecule has 0 saturated carbocycles. The molecule has 1 aromatic carbocycles. The fraction of sp³-hybridized carbons (Fsp3) is 0.176. The molecule has 0 N–H and O–H groups in total. The maximum absolute atomic E-state index is 13.4. The van der Waals surface area contributed by atoms with Gasteiger partial charge in [0.2, 0.25) is 10.0 Å². The third-order valence-electron chi connectivity index (χ3n) is 3.93. The van der Waals surface area contributed by atoms with Gasteiger partial charge >= 0.3 is 0 Å². The molecule has 1 atom stereocenters. The average molecular weight is 317 g/mol. The number of hydrogen-bond donors (Lipinski definition) is 0. The zero-order valence-corrected chi connectivity index (χ0v) is 12.9. The second-order valence-corrected chi connectivity index (χ2v) is 7.87. The molecule has 3 rings (SSSR count). The van der Waals surface area contributed by atoms with Crippen LogP contribution < -0.4 is 0 Å². The first-order chi connectivity index (χ1) is 10.4. The smallest absolute Gasteiger partial charge is 0.247 e. The Kier molecular flexibility index (Phi) is 3.53. The molecule has 2 aromatic rings. The first-order valence-electron chi connectivity index (χ1n) is 6.95. The number of nitrogens with zero attached hydrogens (tertiary/aromatic N) is 1. The van der Waals surface area contributed by atoms with E-state index < -0.39 is 14.8 Å². The minimum Gasteiger partial charge on any atom is -0.252 e. The topological polar surface area (TPSA) is 39.1 Å². The van der Waals surface area contributed by atoms with Crippen molar-refractivity contribution < 1.29 is 12.8 Å². The zero-order valence-electron chi connectivity index (χ0n) is 12.1. The van der Waals surface area contributed by atoms with E-state index in [0.29, 0.717) is 12.0 Å². The van der Waals surface area contributed by atoms with E-state index >= 15 is 0 Å². The molecule has 1 aliphatic carbocycles. The summed E-state index contributed by atoms with van der Waals surface area (Å²) in [6, 6.07) is 9.57. The third kappa shape index (κ3) is 2.41. The summed E-state index contributed by atoms with van der Waals surface area (Å²) in [7, 11) is -3.57. The molecule has 0 spiro atoms. The van der Waals surface area contributed by atoms with Crippen molar-refractivity contribution in [2.75, 3.05) is 0 Å². The predicted molar refractivity (Wildman–Crippen MR) is 85.3 cm³/mol. The van der Waals surface area contributed by atoms with Gasteiger partial charge in [-0.2, -0.15) is 0 Å². The third-order valence-corrected chi connectivity index (χ3v) is 6.18. The SMILES string of the molecule is CC1(S(=O)(=O)n2cccc2)C=CC=C(c2cccc(F)c2)C1. The second kappa shape index (κ2) is 5.25. The van der Waals surface area contributed by atoms with E-state index in [1.807, 2.05) is 6.08 Å². The van der Waals surface area contributed by atoms with E-state index in [0.717, 1.165) is 5.57 Å². The normalized spacial score (nSPS) is 21.6. The van der Waals surface area contributed by atoms with E-state index in [9.17, 15) is 12.8 Å². The van der Waals surface area contributed by atoms with Crippen molar-refractivity contribution in [1.29, 1.82) is 0 Å². The molecule has 0 radical (unpaired) electrons. The maximum Gasteiger partial charge on any atom is 0.247 e. The molecule has 114 valence electrons. The van der Waals surface area contributed by atoms with Crippen molar-refractivity contribution in [3.8, 4) is 0 Å². The molecule has 1 heterocycles. The lowest BCUT2D eigenvalue weighted by Crippen LogP contribution is -2.38. The highest BCUT2D eigenvalue weighted by molar-refractivity contribution is 7.91. The van der Waals surface area contributed by atoms with Gasteiger partial charge in [-0.05, 0) is 48.7 Å². The minimum absolute atomic E-state index is 0.299. The van der Waals surface area contributed by atoms with Crippen LogP contribution in [0.1, 0.15) is 18.9 Å². The molecule has 0 fully saturated rings. The maximum atomic E-state index is 13.4. The highest BCUT2D eigenvalue weighted by Crippen LogP contribution is 2.36. The van der Waals surface area contributed by atoms with Gasteiger partial charge in [-0.15, -0.1) is 0 Å². The molecule has 0 bridgehead atoms. The van der Waals surface area contributed by atoms with Gasteiger partial charge in [0.25, 0.3) is 0 Å². The highest BCUT2D eigenvalue weighted by atomic mass is 32.2. The Balaban J connectivity index is 1.99. The molecule has 22 heavy (non-hydrogen) atoms. The summed E-state index contributed by atoms with van der Waals surface area (Å²) in [6.07, 6.45) is 8.59. The summed E-state index contributed by atoms with van der Waals surface area (Å²) in [6.45, 7) is 1.69. The monoisotopic (exact) mass is 317 g/mol. The van der Waals surface area contributed by atoms with E-state index in [2.05, 4.69) is 0 Å². The standard InChI is InChI=1S/C17H16FNO2S/c1-17(22(20,21)19-10-2-3-11-19)9-5-7-15(13-17)14-6-4-8-16(18)12-14/h2-12H,13H2,1H3. The van der Waals surface area contributed by atoms with Crippen molar-refractivity contribution in [1.82, 2.24) is 3.97 Å². The number of benzene rings is 1. The van der Waals surface area contributed by atoms with Gasteiger partial charge in [-0.3, -0.25) is 3.97 Å². The lowest BCUT2D eigenvalue weighted by Gasteiger charge is -2.30. The summed E-state index contributed by atoms with van der Waals surface area (Å²) in [5.74, 6) is -0.331. The van der Waals surface area contributed by atoms with Crippen LogP contribution in [0.5, 0.6) is 0 Å². The summed E-state index contributed by atoms with van der Waals surface area (Å²) < 4.78 is 39.2. The van der Waals surface area contributed by atoms with Gasteiger partial charge < -0.3 is 0 Å². The Morgan fingerprint density at radius 2 is 1.91 bits per heavy atom. The van der Waals surface area contributed by atoms with Crippen molar-refractivity contribution in [3.05, 3.63) is 78.4 Å². The molecular formula is C17H16FNO2S. The Morgan fingerprint density at radius 1 is 1.18 bits per heavy atom. The Morgan fingerprint density at radius 3 is 2.59 bits per heavy atom. The quantitative estimate of drug-likeness (QED) is 0.867. The van der Waals surface area contributed by atoms with Crippen LogP contribution in [0.3, 0.4) is 0 Å². The summed E-state index contributed by atoms with van der Waals surface area (Å²) in [4.78, 5) is 0. The molecule has 0 saturated heterocycles. The van der Waals surface area contributed by atoms with Crippen LogP contribution in [0.4, 0.5) is 4.39 Å². The average Bonchev–Trinajstić information content (AvgIpc) is 3.02. The molecule has 0 aliphatic heterocycles. The number of rotatable bonds is 3. The first-order valence-corrected chi connectivity index (χ1v) is 8.39. The number of hydrogen-bond acceptors (Lipinski definition) is 2. The number of aromatic nitrogens is 1. The van der Waals surface area contributed by atoms with Gasteiger partial charge in [-0.25, -0.2) is 12.8 Å². The van der Waals surface area contributed by atoms with Crippen molar-refractivity contribution in [2.45, 2.75) is 18.1 Å². The van der Waals surface area contributed by atoms with E-state index in [1.165, 1.54) is 28.5 Å². The van der Waals surface area contributed by atoms with Gasteiger partial charge in [0.15, 0.2) is 0 Å². The fourth-order valence-corrected chi connectivity index (χ4v) is 4.18. The highest BCUT2D eigenvalue weighted by Gasteiger charge is 2.39. The molecule has 5 heteroatoms. The van der Waals surface area contributed by atoms with Crippen LogP contribution in [0.25, 0.3) is 5.57 Å². The van der Waals surface area contributed by atoms with E-state index in [4.69, 9.17) is 0 Å². The van der Waals surface area contributed by atoms with Crippen molar-refractivity contribution >= 4 is 15.6 Å². The van der Waals surface area contributed by atoms with Crippen LogP contribution >= 0.6 is 0 Å². The Bertz CT molecular complexity index is 851. The number of allylic oxidation sites excluding steroid dienone is 3. The van der Waals surface area contributed by atoms with Gasteiger partial charge in [0, 0.05) is 12.4 Å². The van der Waals surface area contributed by atoms with Gasteiger partial charge in [0.1, 0.15) is 10.6 Å². The van der Waals surface area contributed by atoms with Gasteiger partial charge in [0.05, 0.1) is 0 Å². The molecular weight excluding hydrogens is 301 g/mol. The lowest BCUT2D eigenvalue weighted by atomic mass is 9.90. The predicted octanol–water partition coefficient (Wildman–Crippen LogP) is 3.61. The Labute approximate surface area is 129 Å². The lowest BCUT2D eigenvalue weighted by molar-refractivity contribution is 0.554. The van der Waals surface area contributed by atoms with Gasteiger partial charge in [-0.1, -0.05) is 30.4 Å². The summed E-state index contributed by atoms with van der Waals surface area (Å²) >= 11 is 0. The second-order valence-electron chi connectivity index (χ2n) is 5.57. The molecule has 3 nitrogen and oxygen atoms in total. The van der Waals surface area contributed by atoms with Crippen LogP contribution in [-0.4, -0.2) is 17.1 Å². The van der Waals surface area contributed by atoms with Crippen molar-refractivity contribution in [2.24, 2.45) is 0 Å². The van der Waals surface area contributed by atoms with Crippen LogP contribution in [0.15, 0.2) is 67.0 Å². The zero-order chi connectivity index (χ0) is 15.8. The minimum atomic E-state index is -3.57. The first kappa shape index (κ1) is 14.8. The molecule has 0 amide bonds. The van der Waals surface area contributed by atoms with E-state index in [1.54, 1.807) is 43.3 Å². The van der Waals surface area contributed by atoms with E-state index in [-0.39, 0.29) is 5.82 Å².